The van der Waals surface area contributed by atoms with Gasteiger partial charge in [-0.3, -0.25) is 4.98 Å². The van der Waals surface area contributed by atoms with Crippen molar-refractivity contribution in [1.29, 1.82) is 0 Å². The summed E-state index contributed by atoms with van der Waals surface area (Å²) in [6, 6.07) is 12.4. The molecular formula is C15H18N2. The third kappa shape index (κ3) is 3.40. The summed E-state index contributed by atoms with van der Waals surface area (Å²) >= 11 is 0. The Kier molecular flexibility index (Phi) is 3.25. The molecule has 0 fully saturated rings. The van der Waals surface area contributed by atoms with Crippen LogP contribution in [0.25, 0.3) is 11.1 Å². The number of rotatable bonds is 3. The molecule has 0 amide bonds. The fourth-order valence-electron chi connectivity index (χ4n) is 1.90. The van der Waals surface area contributed by atoms with E-state index in [-0.39, 0.29) is 5.54 Å². The van der Waals surface area contributed by atoms with E-state index in [2.05, 4.69) is 23.2 Å². The van der Waals surface area contributed by atoms with E-state index in [1.807, 2.05) is 44.4 Å². The van der Waals surface area contributed by atoms with Crippen molar-refractivity contribution in [2.24, 2.45) is 5.73 Å². The van der Waals surface area contributed by atoms with Crippen LogP contribution in [0.4, 0.5) is 0 Å². The molecule has 2 N–H and O–H groups in total. The van der Waals surface area contributed by atoms with Crippen molar-refractivity contribution >= 4 is 0 Å². The zero-order valence-corrected chi connectivity index (χ0v) is 10.4. The number of pyridine rings is 1. The highest BCUT2D eigenvalue weighted by Crippen LogP contribution is 2.20. The van der Waals surface area contributed by atoms with E-state index >= 15 is 0 Å². The van der Waals surface area contributed by atoms with Crippen molar-refractivity contribution in [2.45, 2.75) is 25.8 Å². The molecule has 2 aromatic rings. The summed E-state index contributed by atoms with van der Waals surface area (Å²) in [5.74, 6) is 0. The second-order valence-electron chi connectivity index (χ2n) is 5.11. The van der Waals surface area contributed by atoms with Crippen LogP contribution >= 0.6 is 0 Å². The lowest BCUT2D eigenvalue weighted by Gasteiger charge is -2.18. The van der Waals surface area contributed by atoms with E-state index in [1.54, 1.807) is 0 Å². The maximum absolute atomic E-state index is 6.03. The number of hydrogen-bond donors (Lipinski definition) is 1. The SMILES string of the molecule is CC(C)(N)Cc1cncc(-c2ccccc2)c1. The molecule has 0 aliphatic heterocycles. The summed E-state index contributed by atoms with van der Waals surface area (Å²) in [7, 11) is 0. The summed E-state index contributed by atoms with van der Waals surface area (Å²) in [5, 5.41) is 0. The molecule has 17 heavy (non-hydrogen) atoms. The van der Waals surface area contributed by atoms with Crippen molar-refractivity contribution in [3.05, 3.63) is 54.4 Å². The van der Waals surface area contributed by atoms with Crippen LogP contribution < -0.4 is 5.73 Å². The molecule has 0 unspecified atom stereocenters. The highest BCUT2D eigenvalue weighted by Gasteiger charge is 2.12. The van der Waals surface area contributed by atoms with E-state index in [4.69, 9.17) is 5.73 Å². The summed E-state index contributed by atoms with van der Waals surface area (Å²) < 4.78 is 0. The first-order valence-corrected chi connectivity index (χ1v) is 5.83. The number of benzene rings is 1. The Morgan fingerprint density at radius 3 is 2.41 bits per heavy atom. The molecule has 0 saturated heterocycles. The molecule has 0 spiro atoms. The monoisotopic (exact) mass is 226 g/mol. The van der Waals surface area contributed by atoms with Gasteiger partial charge < -0.3 is 5.73 Å². The Balaban J connectivity index is 2.29. The molecule has 88 valence electrons. The first kappa shape index (κ1) is 11.8. The summed E-state index contributed by atoms with van der Waals surface area (Å²) in [4.78, 5) is 4.29. The number of aromatic nitrogens is 1. The minimum atomic E-state index is -0.197. The van der Waals surface area contributed by atoms with Crippen LogP contribution in [0.5, 0.6) is 0 Å². The largest absolute Gasteiger partial charge is 0.325 e. The van der Waals surface area contributed by atoms with Gasteiger partial charge in [-0.2, -0.15) is 0 Å². The molecule has 2 heteroatoms. The fourth-order valence-corrected chi connectivity index (χ4v) is 1.90. The summed E-state index contributed by atoms with van der Waals surface area (Å²) in [6.45, 7) is 4.06. The quantitative estimate of drug-likeness (QED) is 0.873. The summed E-state index contributed by atoms with van der Waals surface area (Å²) in [5.41, 5.74) is 9.35. The predicted molar refractivity (Wildman–Crippen MR) is 71.6 cm³/mol. The van der Waals surface area contributed by atoms with Gasteiger partial charge in [0, 0.05) is 23.5 Å². The Morgan fingerprint density at radius 1 is 1.06 bits per heavy atom. The highest BCUT2D eigenvalue weighted by molar-refractivity contribution is 5.62. The van der Waals surface area contributed by atoms with Gasteiger partial charge in [0.1, 0.15) is 0 Å². The lowest BCUT2D eigenvalue weighted by molar-refractivity contribution is 0.516. The number of nitrogens with two attached hydrogens (primary N) is 1. The van der Waals surface area contributed by atoms with Gasteiger partial charge in [0.2, 0.25) is 0 Å². The molecule has 0 atom stereocenters. The molecule has 0 aliphatic carbocycles. The average Bonchev–Trinajstić information content (AvgIpc) is 2.28. The highest BCUT2D eigenvalue weighted by atomic mass is 14.7. The van der Waals surface area contributed by atoms with E-state index in [1.165, 1.54) is 11.1 Å². The second-order valence-corrected chi connectivity index (χ2v) is 5.11. The molecule has 2 nitrogen and oxygen atoms in total. The van der Waals surface area contributed by atoms with Gasteiger partial charge in [-0.1, -0.05) is 30.3 Å². The van der Waals surface area contributed by atoms with Crippen LogP contribution in [0, 0.1) is 0 Å². The lowest BCUT2D eigenvalue weighted by atomic mass is 9.95. The topological polar surface area (TPSA) is 38.9 Å². The molecule has 0 bridgehead atoms. The van der Waals surface area contributed by atoms with Gasteiger partial charge in [0.25, 0.3) is 0 Å². The van der Waals surface area contributed by atoms with E-state index in [0.29, 0.717) is 0 Å². The minimum absolute atomic E-state index is 0.197. The fraction of sp³-hybridized carbons (Fsp3) is 0.267. The van der Waals surface area contributed by atoms with Crippen LogP contribution in [0.1, 0.15) is 19.4 Å². The lowest BCUT2D eigenvalue weighted by Crippen LogP contribution is -2.34. The van der Waals surface area contributed by atoms with Crippen LogP contribution in [0.3, 0.4) is 0 Å². The Morgan fingerprint density at radius 2 is 1.76 bits per heavy atom. The van der Waals surface area contributed by atoms with Gasteiger partial charge in [-0.15, -0.1) is 0 Å². The van der Waals surface area contributed by atoms with Crippen LogP contribution in [0.15, 0.2) is 48.8 Å². The van der Waals surface area contributed by atoms with Gasteiger partial charge in [-0.25, -0.2) is 0 Å². The third-order valence-corrected chi connectivity index (χ3v) is 2.56. The van der Waals surface area contributed by atoms with Gasteiger partial charge in [0.05, 0.1) is 0 Å². The first-order valence-electron chi connectivity index (χ1n) is 5.83. The number of hydrogen-bond acceptors (Lipinski definition) is 2. The van der Waals surface area contributed by atoms with Crippen molar-refractivity contribution in [3.8, 4) is 11.1 Å². The maximum Gasteiger partial charge on any atom is 0.0346 e. The smallest absolute Gasteiger partial charge is 0.0346 e. The van der Waals surface area contributed by atoms with Crippen LogP contribution in [0.2, 0.25) is 0 Å². The molecule has 1 aromatic heterocycles. The van der Waals surface area contributed by atoms with Gasteiger partial charge >= 0.3 is 0 Å². The maximum atomic E-state index is 6.03. The Labute approximate surface area is 103 Å². The van der Waals surface area contributed by atoms with Gasteiger partial charge in [0.15, 0.2) is 0 Å². The molecule has 1 aromatic carbocycles. The molecule has 2 rings (SSSR count). The van der Waals surface area contributed by atoms with Crippen LogP contribution in [-0.2, 0) is 6.42 Å². The first-order chi connectivity index (χ1) is 8.04. The number of nitrogens with zero attached hydrogens (tertiary/aromatic N) is 1. The van der Waals surface area contributed by atoms with E-state index < -0.39 is 0 Å². The predicted octanol–water partition coefficient (Wildman–Crippen LogP) is 3.03. The third-order valence-electron chi connectivity index (χ3n) is 2.56. The van der Waals surface area contributed by atoms with Crippen LogP contribution in [-0.4, -0.2) is 10.5 Å². The molecule has 1 heterocycles. The van der Waals surface area contributed by atoms with Crippen molar-refractivity contribution in [3.63, 3.8) is 0 Å². The van der Waals surface area contributed by atoms with Crippen molar-refractivity contribution < 1.29 is 0 Å². The minimum Gasteiger partial charge on any atom is -0.325 e. The van der Waals surface area contributed by atoms with Crippen molar-refractivity contribution in [1.82, 2.24) is 4.98 Å². The zero-order valence-electron chi connectivity index (χ0n) is 10.4. The Bertz CT molecular complexity index is 484. The molecular weight excluding hydrogens is 208 g/mol. The molecule has 0 radical (unpaired) electrons. The van der Waals surface area contributed by atoms with E-state index in [0.717, 1.165) is 12.0 Å². The summed E-state index contributed by atoms with van der Waals surface area (Å²) in [6.07, 6.45) is 4.62. The normalized spacial score (nSPS) is 11.5. The molecule has 0 aliphatic rings. The van der Waals surface area contributed by atoms with E-state index in [9.17, 15) is 0 Å². The standard InChI is InChI=1S/C15H18N2/c1-15(2,16)9-12-8-14(11-17-10-12)13-6-4-3-5-7-13/h3-8,10-11H,9,16H2,1-2H3. The molecule has 0 saturated carbocycles. The average molecular weight is 226 g/mol. The zero-order chi connectivity index (χ0) is 12.3. The second kappa shape index (κ2) is 4.68. The van der Waals surface area contributed by atoms with Gasteiger partial charge in [-0.05, 0) is 37.5 Å². The Hall–Kier alpha value is -1.67. The van der Waals surface area contributed by atoms with Crippen molar-refractivity contribution in [2.75, 3.05) is 0 Å².